The second-order valence-corrected chi connectivity index (χ2v) is 3.93. The van der Waals surface area contributed by atoms with Crippen molar-refractivity contribution in [3.63, 3.8) is 0 Å². The zero-order valence-corrected chi connectivity index (χ0v) is 9.54. The molecule has 5 nitrogen and oxygen atoms in total. The van der Waals surface area contributed by atoms with Gasteiger partial charge in [0.25, 0.3) is 0 Å². The monoisotopic (exact) mass is 232 g/mol. The van der Waals surface area contributed by atoms with Crippen molar-refractivity contribution in [2.45, 2.75) is 31.8 Å². The van der Waals surface area contributed by atoms with E-state index in [-0.39, 0.29) is 11.9 Å². The third kappa shape index (κ3) is 2.85. The van der Waals surface area contributed by atoms with Crippen LogP contribution in [-0.2, 0) is 9.59 Å². The predicted molar refractivity (Wildman–Crippen MR) is 58.8 cm³/mol. The van der Waals surface area contributed by atoms with Crippen molar-refractivity contribution < 1.29 is 14.7 Å². The molecule has 1 aliphatic heterocycles. The number of carboxylic acids is 1. The smallest absolute Gasteiger partial charge is 0.326 e. The molecule has 0 saturated carbocycles. The van der Waals surface area contributed by atoms with Crippen molar-refractivity contribution >= 4 is 24.5 Å². The second-order valence-electron chi connectivity index (χ2n) is 3.61. The van der Waals surface area contributed by atoms with Gasteiger partial charge >= 0.3 is 5.97 Å². The molecule has 6 heteroatoms. The van der Waals surface area contributed by atoms with E-state index in [0.29, 0.717) is 18.8 Å². The highest BCUT2D eigenvalue weighted by atomic mass is 32.1. The van der Waals surface area contributed by atoms with Crippen LogP contribution in [0.1, 0.15) is 19.8 Å². The SMILES string of the molecule is C[C@H](NCS)C(=O)N1CCC[C@H]1C(=O)O. The Hall–Kier alpha value is -0.750. The largest absolute Gasteiger partial charge is 0.480 e. The van der Waals surface area contributed by atoms with E-state index in [0.717, 1.165) is 6.42 Å². The first-order valence-corrected chi connectivity index (χ1v) is 5.58. The molecule has 0 aromatic rings. The van der Waals surface area contributed by atoms with E-state index < -0.39 is 12.0 Å². The Morgan fingerprint density at radius 2 is 2.33 bits per heavy atom. The minimum Gasteiger partial charge on any atom is -0.480 e. The normalized spacial score (nSPS) is 22.8. The van der Waals surface area contributed by atoms with Gasteiger partial charge in [-0.3, -0.25) is 10.1 Å². The molecule has 0 aromatic carbocycles. The summed E-state index contributed by atoms with van der Waals surface area (Å²) < 4.78 is 0. The standard InChI is InChI=1S/C9H16N2O3S/c1-6(10-5-15)8(12)11-4-2-3-7(11)9(13)14/h6-7,10,15H,2-5H2,1H3,(H,13,14)/t6-,7-/m0/s1. The first kappa shape index (κ1) is 12.3. The lowest BCUT2D eigenvalue weighted by molar-refractivity contribution is -0.148. The van der Waals surface area contributed by atoms with E-state index in [1.807, 2.05) is 0 Å². The molecule has 0 spiro atoms. The lowest BCUT2D eigenvalue weighted by Crippen LogP contribution is -2.48. The number of aliphatic carboxylic acids is 1. The number of thiol groups is 1. The molecule has 86 valence electrons. The fraction of sp³-hybridized carbons (Fsp3) is 0.778. The second kappa shape index (κ2) is 5.37. The van der Waals surface area contributed by atoms with Gasteiger partial charge in [0.15, 0.2) is 0 Å². The molecule has 1 rings (SSSR count). The minimum absolute atomic E-state index is 0.158. The molecule has 1 heterocycles. The molecule has 2 atom stereocenters. The molecule has 0 aliphatic carbocycles. The number of amides is 1. The molecule has 2 N–H and O–H groups in total. The summed E-state index contributed by atoms with van der Waals surface area (Å²) in [6.45, 7) is 2.25. The highest BCUT2D eigenvalue weighted by Gasteiger charge is 2.35. The zero-order chi connectivity index (χ0) is 11.4. The Bertz CT molecular complexity index is 260. The maximum atomic E-state index is 11.8. The maximum absolute atomic E-state index is 11.8. The predicted octanol–water partition coefficient (Wildman–Crippen LogP) is -0.0726. The van der Waals surface area contributed by atoms with E-state index in [1.165, 1.54) is 4.90 Å². The van der Waals surface area contributed by atoms with Crippen LogP contribution in [0, 0.1) is 0 Å². The average Bonchev–Trinajstić information content (AvgIpc) is 2.65. The number of likely N-dealkylation sites (tertiary alicyclic amines) is 1. The summed E-state index contributed by atoms with van der Waals surface area (Å²) in [5.41, 5.74) is 0. The summed E-state index contributed by atoms with van der Waals surface area (Å²) in [6.07, 6.45) is 1.31. The van der Waals surface area contributed by atoms with Gasteiger partial charge in [-0.15, -0.1) is 0 Å². The number of carbonyl (C=O) groups excluding carboxylic acids is 1. The van der Waals surface area contributed by atoms with Gasteiger partial charge in [0, 0.05) is 12.4 Å². The lowest BCUT2D eigenvalue weighted by Gasteiger charge is -2.24. The van der Waals surface area contributed by atoms with Crippen molar-refractivity contribution in [1.29, 1.82) is 0 Å². The molecule has 1 aliphatic rings. The lowest BCUT2D eigenvalue weighted by atomic mass is 10.2. The number of hydrogen-bond acceptors (Lipinski definition) is 4. The number of carbonyl (C=O) groups is 2. The van der Waals surface area contributed by atoms with Gasteiger partial charge < -0.3 is 10.0 Å². The van der Waals surface area contributed by atoms with E-state index in [2.05, 4.69) is 17.9 Å². The summed E-state index contributed by atoms with van der Waals surface area (Å²) in [7, 11) is 0. The molecule has 0 radical (unpaired) electrons. The molecule has 0 unspecified atom stereocenters. The van der Waals surface area contributed by atoms with Crippen LogP contribution in [0.15, 0.2) is 0 Å². The molecule has 1 fully saturated rings. The van der Waals surface area contributed by atoms with Gasteiger partial charge in [-0.1, -0.05) is 0 Å². The Labute approximate surface area is 94.2 Å². The first-order chi connectivity index (χ1) is 7.07. The van der Waals surface area contributed by atoms with Gasteiger partial charge in [0.05, 0.1) is 6.04 Å². The van der Waals surface area contributed by atoms with Crippen LogP contribution in [0.3, 0.4) is 0 Å². The molecule has 1 amide bonds. The topological polar surface area (TPSA) is 69.6 Å². The van der Waals surface area contributed by atoms with Crippen molar-refractivity contribution in [2.24, 2.45) is 0 Å². The van der Waals surface area contributed by atoms with Crippen LogP contribution >= 0.6 is 12.6 Å². The highest BCUT2D eigenvalue weighted by molar-refractivity contribution is 7.80. The summed E-state index contributed by atoms with van der Waals surface area (Å²) in [5.74, 6) is -0.675. The molecule has 15 heavy (non-hydrogen) atoms. The Kier molecular flexibility index (Phi) is 4.41. The van der Waals surface area contributed by atoms with Gasteiger partial charge in [-0.25, -0.2) is 4.79 Å². The average molecular weight is 232 g/mol. The fourth-order valence-electron chi connectivity index (χ4n) is 1.76. The molecular formula is C9H16N2O3S. The maximum Gasteiger partial charge on any atom is 0.326 e. The van der Waals surface area contributed by atoms with Crippen LogP contribution in [0.25, 0.3) is 0 Å². The van der Waals surface area contributed by atoms with E-state index in [1.54, 1.807) is 6.92 Å². The van der Waals surface area contributed by atoms with Crippen molar-refractivity contribution in [3.8, 4) is 0 Å². The van der Waals surface area contributed by atoms with E-state index in [9.17, 15) is 9.59 Å². The van der Waals surface area contributed by atoms with Crippen LogP contribution in [0.2, 0.25) is 0 Å². The van der Waals surface area contributed by atoms with Gasteiger partial charge in [-0.2, -0.15) is 12.6 Å². The van der Waals surface area contributed by atoms with Crippen molar-refractivity contribution in [1.82, 2.24) is 10.2 Å². The molecule has 0 bridgehead atoms. The minimum atomic E-state index is -0.918. The summed E-state index contributed by atoms with van der Waals surface area (Å²) in [6, 6.07) is -1.02. The van der Waals surface area contributed by atoms with Crippen LogP contribution in [0.5, 0.6) is 0 Å². The Morgan fingerprint density at radius 1 is 1.67 bits per heavy atom. The first-order valence-electron chi connectivity index (χ1n) is 4.95. The van der Waals surface area contributed by atoms with Crippen LogP contribution in [-0.4, -0.2) is 46.4 Å². The van der Waals surface area contributed by atoms with Gasteiger partial charge in [0.1, 0.15) is 6.04 Å². The number of nitrogens with one attached hydrogen (secondary N) is 1. The summed E-state index contributed by atoms with van der Waals surface area (Å²) in [4.78, 5) is 24.1. The van der Waals surface area contributed by atoms with E-state index >= 15 is 0 Å². The number of rotatable bonds is 4. The van der Waals surface area contributed by atoms with E-state index in [4.69, 9.17) is 5.11 Å². The Balaban J connectivity index is 2.62. The quantitative estimate of drug-likeness (QED) is 0.469. The molecule has 1 saturated heterocycles. The van der Waals surface area contributed by atoms with Crippen LogP contribution < -0.4 is 5.32 Å². The van der Waals surface area contributed by atoms with Gasteiger partial charge in [0.2, 0.25) is 5.91 Å². The third-order valence-corrected chi connectivity index (χ3v) is 2.77. The third-order valence-electron chi connectivity index (χ3n) is 2.59. The Morgan fingerprint density at radius 3 is 2.87 bits per heavy atom. The number of carboxylic acid groups (broad SMARTS) is 1. The molecular weight excluding hydrogens is 216 g/mol. The summed E-state index contributed by atoms with van der Waals surface area (Å²) in [5, 5.41) is 11.8. The fourth-order valence-corrected chi connectivity index (χ4v) is 2.03. The van der Waals surface area contributed by atoms with Crippen molar-refractivity contribution in [3.05, 3.63) is 0 Å². The highest BCUT2D eigenvalue weighted by Crippen LogP contribution is 2.18. The summed E-state index contributed by atoms with van der Waals surface area (Å²) >= 11 is 3.96. The zero-order valence-electron chi connectivity index (χ0n) is 8.64. The molecule has 0 aromatic heterocycles. The number of hydrogen-bond donors (Lipinski definition) is 3. The van der Waals surface area contributed by atoms with Crippen LogP contribution in [0.4, 0.5) is 0 Å². The number of nitrogens with zero attached hydrogens (tertiary/aromatic N) is 1. The van der Waals surface area contributed by atoms with Crippen molar-refractivity contribution in [2.75, 3.05) is 12.4 Å². The van der Waals surface area contributed by atoms with Gasteiger partial charge in [-0.05, 0) is 19.8 Å².